The van der Waals surface area contributed by atoms with Crippen molar-refractivity contribution in [1.82, 2.24) is 19.8 Å². The second-order valence-corrected chi connectivity index (χ2v) is 12.5. The van der Waals surface area contributed by atoms with E-state index >= 15 is 0 Å². The fourth-order valence-corrected chi connectivity index (χ4v) is 7.37. The van der Waals surface area contributed by atoms with Crippen LogP contribution in [0.1, 0.15) is 82.8 Å². The third-order valence-electron chi connectivity index (χ3n) is 8.85. The van der Waals surface area contributed by atoms with Crippen LogP contribution in [0.4, 0.5) is 13.2 Å². The molecule has 6 rings (SSSR count). The van der Waals surface area contributed by atoms with E-state index in [9.17, 15) is 27.9 Å². The van der Waals surface area contributed by atoms with E-state index < -0.39 is 23.8 Å². The summed E-state index contributed by atoms with van der Waals surface area (Å²) in [7, 11) is 2.16. The number of H-pyrrole nitrogens is 1. The Morgan fingerprint density at radius 2 is 1.95 bits per heavy atom. The Morgan fingerprint density at radius 3 is 2.66 bits per heavy atom. The van der Waals surface area contributed by atoms with E-state index in [0.717, 1.165) is 50.9 Å². The Balaban J connectivity index is 1.22. The van der Waals surface area contributed by atoms with Gasteiger partial charge >= 0.3 is 6.18 Å². The van der Waals surface area contributed by atoms with E-state index in [1.54, 1.807) is 11.3 Å². The number of aliphatic hydroxyl groups is 1. The Hall–Kier alpha value is -3.02. The number of fused-ring (bicyclic) bond motifs is 1. The number of aromatic amines is 1. The lowest BCUT2D eigenvalue weighted by atomic mass is 9.90. The molecule has 1 atom stereocenters. The van der Waals surface area contributed by atoms with Crippen molar-refractivity contribution in [3.05, 3.63) is 84.7 Å². The van der Waals surface area contributed by atoms with E-state index in [-0.39, 0.29) is 29.6 Å². The molecule has 3 aromatic rings. The predicted octanol–water partition coefficient (Wildman–Crippen LogP) is 4.75. The van der Waals surface area contributed by atoms with Gasteiger partial charge in [-0.1, -0.05) is 12.1 Å². The summed E-state index contributed by atoms with van der Waals surface area (Å²) in [6, 6.07) is 6.44. The number of carbonyl (C=O) groups excluding carboxylic acids is 1. The molecule has 0 radical (unpaired) electrons. The highest BCUT2D eigenvalue weighted by atomic mass is 32.1. The molecule has 7 nitrogen and oxygen atoms in total. The zero-order chi connectivity index (χ0) is 28.9. The van der Waals surface area contributed by atoms with Gasteiger partial charge in [-0.2, -0.15) is 13.2 Å². The number of aliphatic hydroxyl groups excluding tert-OH is 1. The van der Waals surface area contributed by atoms with Crippen LogP contribution in [-0.2, 0) is 29.4 Å². The third-order valence-corrected chi connectivity index (χ3v) is 10.0. The first-order chi connectivity index (χ1) is 19.5. The van der Waals surface area contributed by atoms with Crippen molar-refractivity contribution in [2.75, 3.05) is 26.7 Å². The minimum absolute atomic E-state index is 0.0565. The normalized spacial score (nSPS) is 20.4. The van der Waals surface area contributed by atoms with Crippen LogP contribution in [0.5, 0.6) is 0 Å². The zero-order valence-corrected chi connectivity index (χ0v) is 23.7. The van der Waals surface area contributed by atoms with Gasteiger partial charge in [0.05, 0.1) is 28.8 Å². The molecule has 11 heteroatoms. The first-order valence-electron chi connectivity index (χ1n) is 14.1. The fraction of sp³-hybridized carbons (Fsp3) is 0.500. The SMILES string of the molecule is CN1CCC(c2csc(C3(c4nc5c(c(=O)[nH]4)CN(C(=O)[C@H](O)c4cccc(C(F)(F)F)c4)CCC5)CC3)c2)CC1. The molecule has 4 heterocycles. The van der Waals surface area contributed by atoms with E-state index in [2.05, 4.69) is 28.4 Å². The second-order valence-electron chi connectivity index (χ2n) is 11.6. The van der Waals surface area contributed by atoms with Crippen molar-refractivity contribution in [3.8, 4) is 0 Å². The highest BCUT2D eigenvalue weighted by molar-refractivity contribution is 7.10. The summed E-state index contributed by atoms with van der Waals surface area (Å²) in [5, 5.41) is 12.9. The molecule has 3 aliphatic rings. The molecule has 1 aromatic carbocycles. The van der Waals surface area contributed by atoms with Crippen LogP contribution in [0.15, 0.2) is 40.5 Å². The van der Waals surface area contributed by atoms with E-state index in [0.29, 0.717) is 35.8 Å². The Labute approximate surface area is 240 Å². The van der Waals surface area contributed by atoms with Gasteiger partial charge in [0.25, 0.3) is 11.5 Å². The van der Waals surface area contributed by atoms with E-state index in [1.165, 1.54) is 27.5 Å². The van der Waals surface area contributed by atoms with Gasteiger partial charge in [0.2, 0.25) is 0 Å². The molecule has 0 unspecified atom stereocenters. The zero-order valence-electron chi connectivity index (χ0n) is 22.8. The summed E-state index contributed by atoms with van der Waals surface area (Å²) in [6.07, 6.45) is -1.22. The number of hydrogen-bond donors (Lipinski definition) is 2. The number of alkyl halides is 3. The van der Waals surface area contributed by atoms with Gasteiger partial charge in [-0.15, -0.1) is 11.3 Å². The number of halogens is 3. The Morgan fingerprint density at radius 1 is 1.20 bits per heavy atom. The monoisotopic (exact) mass is 586 g/mol. The molecular weight excluding hydrogens is 553 g/mol. The average Bonchev–Trinajstić information content (AvgIpc) is 3.67. The molecule has 1 saturated heterocycles. The molecular formula is C30H33F3N4O3S. The largest absolute Gasteiger partial charge is 0.416 e. The molecule has 2 fully saturated rings. The van der Waals surface area contributed by atoms with Gasteiger partial charge in [-0.3, -0.25) is 9.59 Å². The highest BCUT2D eigenvalue weighted by Gasteiger charge is 2.50. The molecule has 41 heavy (non-hydrogen) atoms. The predicted molar refractivity (Wildman–Crippen MR) is 149 cm³/mol. The van der Waals surface area contributed by atoms with Crippen molar-refractivity contribution in [2.24, 2.45) is 0 Å². The van der Waals surface area contributed by atoms with Crippen LogP contribution in [0.25, 0.3) is 0 Å². The maximum absolute atomic E-state index is 13.4. The third kappa shape index (κ3) is 5.47. The summed E-state index contributed by atoms with van der Waals surface area (Å²) in [4.78, 5) is 39.4. The van der Waals surface area contributed by atoms with Crippen molar-refractivity contribution < 1.29 is 23.1 Å². The number of likely N-dealkylation sites (tertiary alicyclic amines) is 1. The molecule has 0 spiro atoms. The fourth-order valence-electron chi connectivity index (χ4n) is 6.12. The number of piperidine rings is 1. The number of benzene rings is 1. The van der Waals surface area contributed by atoms with Gasteiger partial charge < -0.3 is 19.9 Å². The highest BCUT2D eigenvalue weighted by Crippen LogP contribution is 2.54. The number of aryl methyl sites for hydroxylation is 1. The van der Waals surface area contributed by atoms with E-state index in [4.69, 9.17) is 4.98 Å². The molecule has 2 N–H and O–H groups in total. The molecule has 0 bridgehead atoms. The summed E-state index contributed by atoms with van der Waals surface area (Å²) < 4.78 is 39.5. The molecule has 2 aromatic heterocycles. The topological polar surface area (TPSA) is 89.5 Å². The Bertz CT molecular complexity index is 1510. The first kappa shape index (κ1) is 28.1. The average molecular weight is 587 g/mol. The lowest BCUT2D eigenvalue weighted by Crippen LogP contribution is -2.36. The molecule has 218 valence electrons. The van der Waals surface area contributed by atoms with Crippen molar-refractivity contribution in [2.45, 2.75) is 68.7 Å². The number of hydrogen-bond acceptors (Lipinski definition) is 6. The number of carbonyl (C=O) groups is 1. The van der Waals surface area contributed by atoms with Gasteiger partial charge in [0, 0.05) is 11.4 Å². The smallest absolute Gasteiger partial charge is 0.378 e. The minimum atomic E-state index is -4.59. The lowest BCUT2D eigenvalue weighted by Gasteiger charge is -2.28. The lowest BCUT2D eigenvalue weighted by molar-refractivity contribution is -0.142. The molecule has 1 aliphatic carbocycles. The number of nitrogens with one attached hydrogen (secondary N) is 1. The molecule has 1 saturated carbocycles. The number of amides is 1. The van der Waals surface area contributed by atoms with Crippen molar-refractivity contribution in [1.29, 1.82) is 0 Å². The summed E-state index contributed by atoms with van der Waals surface area (Å²) in [6.45, 7) is 2.39. The van der Waals surface area contributed by atoms with Crippen LogP contribution < -0.4 is 5.56 Å². The van der Waals surface area contributed by atoms with Gasteiger partial charge in [-0.05, 0) is 99.3 Å². The van der Waals surface area contributed by atoms with Crippen LogP contribution in [0.3, 0.4) is 0 Å². The minimum Gasteiger partial charge on any atom is -0.378 e. The van der Waals surface area contributed by atoms with Crippen LogP contribution in [0, 0.1) is 0 Å². The Kier molecular flexibility index (Phi) is 7.32. The number of thiophene rings is 1. The summed E-state index contributed by atoms with van der Waals surface area (Å²) >= 11 is 1.74. The number of rotatable bonds is 5. The van der Waals surface area contributed by atoms with Crippen molar-refractivity contribution in [3.63, 3.8) is 0 Å². The number of aromatic nitrogens is 2. The van der Waals surface area contributed by atoms with Crippen LogP contribution in [0.2, 0.25) is 0 Å². The van der Waals surface area contributed by atoms with Crippen LogP contribution in [-0.4, -0.2) is 57.5 Å². The molecule has 2 aliphatic heterocycles. The van der Waals surface area contributed by atoms with Gasteiger partial charge in [-0.25, -0.2) is 4.98 Å². The van der Waals surface area contributed by atoms with Gasteiger partial charge in [0.1, 0.15) is 5.82 Å². The summed E-state index contributed by atoms with van der Waals surface area (Å²) in [5.41, 5.74) is 0.712. The summed E-state index contributed by atoms with van der Waals surface area (Å²) in [5.74, 6) is 0.488. The van der Waals surface area contributed by atoms with Crippen molar-refractivity contribution >= 4 is 17.2 Å². The maximum Gasteiger partial charge on any atom is 0.416 e. The second kappa shape index (κ2) is 10.7. The molecule has 1 amide bonds. The van der Waals surface area contributed by atoms with E-state index in [1.807, 2.05) is 0 Å². The van der Waals surface area contributed by atoms with Gasteiger partial charge in [0.15, 0.2) is 6.10 Å². The van der Waals surface area contributed by atoms with Crippen LogP contribution >= 0.6 is 11.3 Å². The quantitative estimate of drug-likeness (QED) is 0.451. The first-order valence-corrected chi connectivity index (χ1v) is 15.0. The number of nitrogens with zero attached hydrogens (tertiary/aromatic N) is 3. The standard InChI is InChI=1S/C30H33F3N4O3S/c1-36-12-7-18(8-13-36)20-15-24(41-17-20)29(9-10-29)28-34-23-6-3-11-37(16-22(23)26(39)35-28)27(40)25(38)19-4-2-5-21(14-19)30(31,32)33/h2,4-5,14-15,17-18,25,38H,3,6-13,16H2,1H3,(H,34,35,39)/t25-/m1/s1. The maximum atomic E-state index is 13.4.